The first kappa shape index (κ1) is 15.5. The molecule has 4 heteroatoms. The maximum absolute atomic E-state index is 10.2. The molecule has 0 aliphatic carbocycles. The number of allylic oxidation sites excluding steroid dienone is 1. The van der Waals surface area contributed by atoms with Crippen molar-refractivity contribution in [3.8, 4) is 0 Å². The van der Waals surface area contributed by atoms with Crippen LogP contribution < -0.4 is 0 Å². The molecule has 94 valence electrons. The van der Waals surface area contributed by atoms with Crippen LogP contribution in [0, 0.1) is 11.3 Å². The summed E-state index contributed by atoms with van der Waals surface area (Å²) in [4.78, 5) is 27.1. The van der Waals surface area contributed by atoms with Crippen LogP contribution in [0.2, 0.25) is 0 Å². The Balaban J connectivity index is 4.56. The molecule has 0 fully saturated rings. The third-order valence-electron chi connectivity index (χ3n) is 2.87. The molecule has 1 atom stereocenters. The third kappa shape index (κ3) is 7.40. The van der Waals surface area contributed by atoms with Crippen LogP contribution in [-0.4, -0.2) is 12.2 Å². The Morgan fingerprint density at radius 2 is 2.00 bits per heavy atom. The normalized spacial score (nSPS) is 13.5. The van der Waals surface area contributed by atoms with Crippen molar-refractivity contribution in [2.45, 2.75) is 47.0 Å². The van der Waals surface area contributed by atoms with E-state index >= 15 is 0 Å². The molecule has 0 aromatic heterocycles. The van der Waals surface area contributed by atoms with Crippen molar-refractivity contribution >= 4 is 12.2 Å². The minimum Gasteiger partial charge on any atom is -0.211 e. The average Bonchev–Trinajstić information content (AvgIpc) is 2.25. The van der Waals surface area contributed by atoms with E-state index < -0.39 is 0 Å². The Morgan fingerprint density at radius 1 is 1.35 bits per heavy atom. The second-order valence-electron chi connectivity index (χ2n) is 5.08. The summed E-state index contributed by atoms with van der Waals surface area (Å²) in [6.45, 7) is 8.67. The average molecular weight is 236 g/mol. The first-order valence-corrected chi connectivity index (χ1v) is 5.79. The summed E-state index contributed by atoms with van der Waals surface area (Å²) in [6, 6.07) is 0. The molecule has 0 heterocycles. The predicted molar refractivity (Wildman–Crippen MR) is 66.8 cm³/mol. The first-order valence-electron chi connectivity index (χ1n) is 5.79. The van der Waals surface area contributed by atoms with Gasteiger partial charge in [-0.25, -0.2) is 9.59 Å². The van der Waals surface area contributed by atoms with E-state index in [2.05, 4.69) is 37.7 Å². The zero-order chi connectivity index (χ0) is 13.3. The lowest BCUT2D eigenvalue weighted by Crippen LogP contribution is -2.14. The number of hydrogen-bond acceptors (Lipinski definition) is 4. The van der Waals surface area contributed by atoms with E-state index in [0.717, 1.165) is 12.8 Å². The summed E-state index contributed by atoms with van der Waals surface area (Å²) < 4.78 is 0. The minimum absolute atomic E-state index is 0.267. The van der Waals surface area contributed by atoms with Gasteiger partial charge in [0.2, 0.25) is 12.2 Å². The van der Waals surface area contributed by atoms with Crippen molar-refractivity contribution in [2.24, 2.45) is 21.3 Å². The van der Waals surface area contributed by atoms with E-state index in [4.69, 9.17) is 0 Å². The molecule has 0 bridgehead atoms. The molecule has 0 saturated heterocycles. The Labute approximate surface area is 103 Å². The molecule has 1 unspecified atom stereocenters. The molecule has 0 spiro atoms. The number of carbonyl (C=O) groups excluding carboxylic acids is 2. The van der Waals surface area contributed by atoms with Crippen LogP contribution in [0.4, 0.5) is 0 Å². The van der Waals surface area contributed by atoms with Crippen molar-refractivity contribution in [1.29, 1.82) is 0 Å². The van der Waals surface area contributed by atoms with E-state index in [9.17, 15) is 9.59 Å². The van der Waals surface area contributed by atoms with Crippen molar-refractivity contribution in [1.82, 2.24) is 0 Å². The standard InChI is InChI=1S/C13H20N2O2/c1-5-13(3,4)7-11(2)6-12(15-10-17)8-14-9-16/h8,11H,5-7H2,1-4H3. The smallest absolute Gasteiger partial charge is 0.211 e. The van der Waals surface area contributed by atoms with Crippen LogP contribution in [0.5, 0.6) is 0 Å². The van der Waals surface area contributed by atoms with Crippen molar-refractivity contribution in [3.63, 3.8) is 0 Å². The minimum atomic E-state index is 0.267. The monoisotopic (exact) mass is 236 g/mol. The van der Waals surface area contributed by atoms with Crippen LogP contribution in [0.15, 0.2) is 21.9 Å². The predicted octanol–water partition coefficient (Wildman–Crippen LogP) is 3.35. The number of rotatable bonds is 7. The molecule has 0 rings (SSSR count). The Bertz CT molecular complexity index is 360. The van der Waals surface area contributed by atoms with Gasteiger partial charge in [-0.15, -0.1) is 0 Å². The van der Waals surface area contributed by atoms with Gasteiger partial charge in [0.15, 0.2) is 0 Å². The van der Waals surface area contributed by atoms with Gasteiger partial charge in [-0.05, 0) is 24.2 Å². The fraction of sp³-hybridized carbons (Fsp3) is 0.692. The quantitative estimate of drug-likeness (QED) is 0.502. The van der Waals surface area contributed by atoms with Gasteiger partial charge >= 0.3 is 0 Å². The SMILES string of the molecule is CCC(C)(C)CC(C)CC(=CN=C=O)N=C=O. The highest BCUT2D eigenvalue weighted by Crippen LogP contribution is 2.31. The molecule has 0 aliphatic heterocycles. The van der Waals surface area contributed by atoms with Gasteiger partial charge in [-0.3, -0.25) is 0 Å². The molecule has 0 aromatic carbocycles. The van der Waals surface area contributed by atoms with Crippen LogP contribution in [0.25, 0.3) is 0 Å². The van der Waals surface area contributed by atoms with Gasteiger partial charge in [0, 0.05) is 0 Å². The fourth-order valence-corrected chi connectivity index (χ4v) is 1.80. The van der Waals surface area contributed by atoms with Gasteiger partial charge in [0.25, 0.3) is 0 Å². The summed E-state index contributed by atoms with van der Waals surface area (Å²) in [5.41, 5.74) is 0.742. The number of hydrogen-bond donors (Lipinski definition) is 0. The first-order chi connectivity index (χ1) is 7.95. The van der Waals surface area contributed by atoms with Crippen LogP contribution in [0.3, 0.4) is 0 Å². The number of isocyanates is 2. The number of nitrogens with zero attached hydrogens (tertiary/aromatic N) is 2. The van der Waals surface area contributed by atoms with E-state index in [1.807, 2.05) is 0 Å². The van der Waals surface area contributed by atoms with Crippen LogP contribution >= 0.6 is 0 Å². The molecule has 0 radical (unpaired) electrons. The van der Waals surface area contributed by atoms with Gasteiger partial charge in [0.05, 0.1) is 11.9 Å². The summed E-state index contributed by atoms with van der Waals surface area (Å²) in [7, 11) is 0. The van der Waals surface area contributed by atoms with E-state index in [1.54, 1.807) is 0 Å². The lowest BCUT2D eigenvalue weighted by molar-refractivity contribution is 0.265. The summed E-state index contributed by atoms with van der Waals surface area (Å²) in [5, 5.41) is 0. The van der Waals surface area contributed by atoms with Crippen molar-refractivity contribution in [3.05, 3.63) is 11.9 Å². The summed E-state index contributed by atoms with van der Waals surface area (Å²) in [6.07, 6.45) is 6.88. The fourth-order valence-electron chi connectivity index (χ4n) is 1.80. The van der Waals surface area contributed by atoms with E-state index in [1.165, 1.54) is 18.4 Å². The van der Waals surface area contributed by atoms with Gasteiger partial charge in [-0.1, -0.05) is 34.1 Å². The Hall–Kier alpha value is -1.50. The zero-order valence-electron chi connectivity index (χ0n) is 11.0. The Morgan fingerprint density at radius 3 is 2.47 bits per heavy atom. The molecule has 0 N–H and O–H groups in total. The number of aliphatic imine (C=N–C) groups is 2. The maximum atomic E-state index is 10.2. The molecule has 0 aliphatic rings. The molecule has 17 heavy (non-hydrogen) atoms. The van der Waals surface area contributed by atoms with Crippen LogP contribution in [0.1, 0.15) is 47.0 Å². The topological polar surface area (TPSA) is 58.9 Å². The molecule has 0 aromatic rings. The molecule has 0 amide bonds. The van der Waals surface area contributed by atoms with Gasteiger partial charge in [0.1, 0.15) is 0 Å². The highest BCUT2D eigenvalue weighted by Gasteiger charge is 2.19. The molecule has 0 saturated carbocycles. The van der Waals surface area contributed by atoms with E-state index in [0.29, 0.717) is 18.0 Å². The van der Waals surface area contributed by atoms with E-state index in [-0.39, 0.29) is 5.41 Å². The van der Waals surface area contributed by atoms with Gasteiger partial charge < -0.3 is 0 Å². The van der Waals surface area contributed by atoms with Gasteiger partial charge in [-0.2, -0.15) is 9.98 Å². The van der Waals surface area contributed by atoms with Crippen molar-refractivity contribution < 1.29 is 9.59 Å². The third-order valence-corrected chi connectivity index (χ3v) is 2.87. The second kappa shape index (κ2) is 7.72. The molecular formula is C13H20N2O2. The highest BCUT2D eigenvalue weighted by molar-refractivity contribution is 5.39. The lowest BCUT2D eigenvalue weighted by Gasteiger charge is -2.26. The Kier molecular flexibility index (Phi) is 7.04. The highest BCUT2D eigenvalue weighted by atomic mass is 16.1. The molecule has 4 nitrogen and oxygen atoms in total. The van der Waals surface area contributed by atoms with Crippen molar-refractivity contribution in [2.75, 3.05) is 0 Å². The van der Waals surface area contributed by atoms with Crippen LogP contribution in [-0.2, 0) is 9.59 Å². The summed E-state index contributed by atoms with van der Waals surface area (Å²) in [5.74, 6) is 0.371. The summed E-state index contributed by atoms with van der Waals surface area (Å²) >= 11 is 0. The zero-order valence-corrected chi connectivity index (χ0v) is 11.0. The largest absolute Gasteiger partial charge is 0.240 e. The molecular weight excluding hydrogens is 216 g/mol. The lowest BCUT2D eigenvalue weighted by atomic mass is 9.80. The second-order valence-corrected chi connectivity index (χ2v) is 5.08. The maximum Gasteiger partial charge on any atom is 0.240 e.